The normalized spacial score (nSPS) is 24.5. The molecular formula is C14H26N2OS2. The highest BCUT2D eigenvalue weighted by Gasteiger charge is 2.16. The van der Waals surface area contributed by atoms with Crippen molar-refractivity contribution >= 4 is 27.5 Å². The van der Waals surface area contributed by atoms with Crippen molar-refractivity contribution in [3.63, 3.8) is 0 Å². The van der Waals surface area contributed by atoms with Gasteiger partial charge in [-0.1, -0.05) is 28.0 Å². The van der Waals surface area contributed by atoms with Crippen LogP contribution in [-0.4, -0.2) is 36.5 Å². The van der Waals surface area contributed by atoms with Gasteiger partial charge in [0.25, 0.3) is 0 Å². The van der Waals surface area contributed by atoms with Gasteiger partial charge in [0.05, 0.1) is 0 Å². The number of amides is 1. The van der Waals surface area contributed by atoms with Gasteiger partial charge in [0.1, 0.15) is 0 Å². The zero-order valence-electron chi connectivity index (χ0n) is 11.7. The third-order valence-corrected chi connectivity index (χ3v) is 6.96. The molecule has 2 aliphatic rings. The number of hydrogen-bond donors (Lipinski definition) is 2. The molecule has 2 N–H and O–H groups in total. The largest absolute Gasteiger partial charge is 0.356 e. The van der Waals surface area contributed by atoms with E-state index >= 15 is 0 Å². The lowest BCUT2D eigenvalue weighted by Gasteiger charge is -2.22. The SMILES string of the molecule is O=C(CCCCC1CCSS1)NCC1CCNCC1. The summed E-state index contributed by atoms with van der Waals surface area (Å²) < 4.78 is 0. The molecule has 19 heavy (non-hydrogen) atoms. The summed E-state index contributed by atoms with van der Waals surface area (Å²) in [6.45, 7) is 3.10. The van der Waals surface area contributed by atoms with E-state index in [4.69, 9.17) is 0 Å². The van der Waals surface area contributed by atoms with Crippen LogP contribution in [0.1, 0.15) is 44.9 Å². The van der Waals surface area contributed by atoms with Gasteiger partial charge >= 0.3 is 0 Å². The molecule has 0 radical (unpaired) electrons. The number of hydrogen-bond acceptors (Lipinski definition) is 4. The average molecular weight is 303 g/mol. The Balaban J connectivity index is 1.45. The van der Waals surface area contributed by atoms with E-state index < -0.39 is 0 Å². The lowest BCUT2D eigenvalue weighted by Crippen LogP contribution is -2.35. The number of unbranched alkanes of at least 4 members (excludes halogenated alkanes) is 1. The first-order valence-corrected chi connectivity index (χ1v) is 9.98. The molecule has 1 amide bonds. The molecule has 2 aliphatic heterocycles. The Bertz CT molecular complexity index is 264. The summed E-state index contributed by atoms with van der Waals surface area (Å²) in [6.07, 6.45) is 8.04. The Morgan fingerprint density at radius 2 is 2.05 bits per heavy atom. The van der Waals surface area contributed by atoms with E-state index in [9.17, 15) is 4.79 Å². The van der Waals surface area contributed by atoms with E-state index in [0.29, 0.717) is 5.92 Å². The lowest BCUT2D eigenvalue weighted by molar-refractivity contribution is -0.121. The van der Waals surface area contributed by atoms with Crippen LogP contribution in [0.2, 0.25) is 0 Å². The van der Waals surface area contributed by atoms with Gasteiger partial charge in [0, 0.05) is 24.0 Å². The van der Waals surface area contributed by atoms with Crippen LogP contribution < -0.4 is 10.6 Å². The van der Waals surface area contributed by atoms with Crippen LogP contribution in [-0.2, 0) is 4.79 Å². The Kier molecular flexibility index (Phi) is 7.46. The number of rotatable bonds is 7. The Hall–Kier alpha value is 0.130. The Morgan fingerprint density at radius 1 is 1.21 bits per heavy atom. The molecule has 2 rings (SSSR count). The summed E-state index contributed by atoms with van der Waals surface area (Å²) in [5.74, 6) is 2.26. The third kappa shape index (κ3) is 6.41. The van der Waals surface area contributed by atoms with Gasteiger partial charge in [-0.2, -0.15) is 0 Å². The van der Waals surface area contributed by atoms with Gasteiger partial charge in [0.2, 0.25) is 5.91 Å². The molecule has 3 nitrogen and oxygen atoms in total. The highest BCUT2D eigenvalue weighted by molar-refractivity contribution is 8.77. The van der Waals surface area contributed by atoms with Crippen molar-refractivity contribution in [2.45, 2.75) is 50.2 Å². The van der Waals surface area contributed by atoms with Gasteiger partial charge in [-0.05, 0) is 51.1 Å². The van der Waals surface area contributed by atoms with E-state index in [2.05, 4.69) is 10.6 Å². The molecule has 1 atom stereocenters. The maximum Gasteiger partial charge on any atom is 0.220 e. The average Bonchev–Trinajstić information content (AvgIpc) is 2.96. The fourth-order valence-corrected chi connectivity index (χ4v) is 5.68. The van der Waals surface area contributed by atoms with Gasteiger partial charge < -0.3 is 10.6 Å². The first kappa shape index (κ1) is 15.5. The van der Waals surface area contributed by atoms with Crippen LogP contribution in [0, 0.1) is 5.92 Å². The van der Waals surface area contributed by atoms with Crippen molar-refractivity contribution in [3.05, 3.63) is 0 Å². The molecule has 2 saturated heterocycles. The van der Waals surface area contributed by atoms with Crippen LogP contribution >= 0.6 is 21.6 Å². The highest BCUT2D eigenvalue weighted by Crippen LogP contribution is 2.39. The minimum absolute atomic E-state index is 0.256. The highest BCUT2D eigenvalue weighted by atomic mass is 33.1. The van der Waals surface area contributed by atoms with Crippen molar-refractivity contribution in [2.75, 3.05) is 25.4 Å². The lowest BCUT2D eigenvalue weighted by atomic mass is 9.98. The quantitative estimate of drug-likeness (QED) is 0.560. The van der Waals surface area contributed by atoms with Gasteiger partial charge in [-0.3, -0.25) is 4.79 Å². The van der Waals surface area contributed by atoms with E-state index in [1.807, 2.05) is 21.6 Å². The van der Waals surface area contributed by atoms with E-state index in [1.165, 1.54) is 37.9 Å². The van der Waals surface area contributed by atoms with E-state index in [1.54, 1.807) is 0 Å². The van der Waals surface area contributed by atoms with Gasteiger partial charge in [0.15, 0.2) is 0 Å². The van der Waals surface area contributed by atoms with Crippen molar-refractivity contribution in [3.8, 4) is 0 Å². The molecule has 110 valence electrons. The molecule has 0 saturated carbocycles. The molecule has 5 heteroatoms. The minimum atomic E-state index is 0.256. The summed E-state index contributed by atoms with van der Waals surface area (Å²) in [5.41, 5.74) is 0. The predicted molar refractivity (Wildman–Crippen MR) is 85.5 cm³/mol. The van der Waals surface area contributed by atoms with Gasteiger partial charge in [-0.15, -0.1) is 0 Å². The second kappa shape index (κ2) is 9.14. The van der Waals surface area contributed by atoms with Crippen molar-refractivity contribution in [2.24, 2.45) is 5.92 Å². The molecule has 2 heterocycles. The monoisotopic (exact) mass is 302 g/mol. The Labute approximate surface area is 124 Å². The zero-order valence-corrected chi connectivity index (χ0v) is 13.3. The van der Waals surface area contributed by atoms with Crippen LogP contribution in [0.4, 0.5) is 0 Å². The van der Waals surface area contributed by atoms with Crippen molar-refractivity contribution in [1.82, 2.24) is 10.6 Å². The number of carbonyl (C=O) groups is 1. The maximum atomic E-state index is 11.7. The number of carbonyl (C=O) groups excluding carboxylic acids is 1. The molecule has 2 fully saturated rings. The topological polar surface area (TPSA) is 41.1 Å². The molecule has 0 bridgehead atoms. The molecule has 0 spiro atoms. The second-order valence-electron chi connectivity index (χ2n) is 5.57. The van der Waals surface area contributed by atoms with Crippen LogP contribution in [0.5, 0.6) is 0 Å². The van der Waals surface area contributed by atoms with E-state index in [0.717, 1.165) is 37.7 Å². The molecule has 0 aromatic carbocycles. The Morgan fingerprint density at radius 3 is 2.79 bits per heavy atom. The first-order chi connectivity index (χ1) is 9.34. The van der Waals surface area contributed by atoms with E-state index in [-0.39, 0.29) is 5.91 Å². The molecule has 0 aromatic heterocycles. The molecule has 1 unspecified atom stereocenters. The summed E-state index contributed by atoms with van der Waals surface area (Å²) >= 11 is 0. The van der Waals surface area contributed by atoms with Crippen LogP contribution in [0.25, 0.3) is 0 Å². The van der Waals surface area contributed by atoms with Gasteiger partial charge in [-0.25, -0.2) is 0 Å². The third-order valence-electron chi connectivity index (χ3n) is 3.95. The predicted octanol–water partition coefficient (Wildman–Crippen LogP) is 2.82. The molecular weight excluding hydrogens is 276 g/mol. The van der Waals surface area contributed by atoms with Crippen LogP contribution in [0.3, 0.4) is 0 Å². The summed E-state index contributed by atoms with van der Waals surface area (Å²) in [6, 6.07) is 0. The standard InChI is InChI=1S/C14H26N2OS2/c17-14(16-11-12-5-8-15-9-6-12)4-2-1-3-13-7-10-18-19-13/h12-13,15H,1-11H2,(H,16,17). The van der Waals surface area contributed by atoms with Crippen molar-refractivity contribution < 1.29 is 4.79 Å². The maximum absolute atomic E-state index is 11.7. The zero-order chi connectivity index (χ0) is 13.3. The molecule has 0 aromatic rings. The van der Waals surface area contributed by atoms with Crippen LogP contribution in [0.15, 0.2) is 0 Å². The fraction of sp³-hybridized carbons (Fsp3) is 0.929. The second-order valence-corrected chi connectivity index (χ2v) is 8.36. The number of piperidine rings is 1. The minimum Gasteiger partial charge on any atom is -0.356 e. The smallest absolute Gasteiger partial charge is 0.220 e. The van der Waals surface area contributed by atoms with Crippen molar-refractivity contribution in [1.29, 1.82) is 0 Å². The number of nitrogens with one attached hydrogen (secondary N) is 2. The summed E-state index contributed by atoms with van der Waals surface area (Å²) in [5, 5.41) is 7.31. The molecule has 0 aliphatic carbocycles. The summed E-state index contributed by atoms with van der Waals surface area (Å²) in [7, 11) is 4.04. The summed E-state index contributed by atoms with van der Waals surface area (Å²) in [4.78, 5) is 11.7. The first-order valence-electron chi connectivity index (χ1n) is 7.60. The fourth-order valence-electron chi connectivity index (χ4n) is 2.65.